The molecule has 1 saturated carbocycles. The summed E-state index contributed by atoms with van der Waals surface area (Å²) in [5.41, 5.74) is 9.42. The Morgan fingerprint density at radius 2 is 2.11 bits per heavy atom. The molecule has 1 fully saturated rings. The van der Waals surface area contributed by atoms with Crippen molar-refractivity contribution in [3.05, 3.63) is 41.7 Å². The van der Waals surface area contributed by atoms with Crippen molar-refractivity contribution in [2.45, 2.75) is 31.6 Å². The van der Waals surface area contributed by atoms with Gasteiger partial charge in [-0.2, -0.15) is 15.0 Å². The van der Waals surface area contributed by atoms with Gasteiger partial charge in [-0.05, 0) is 31.4 Å². The smallest absolute Gasteiger partial charge is 0.0894 e. The van der Waals surface area contributed by atoms with Crippen LogP contribution >= 0.6 is 0 Å². The van der Waals surface area contributed by atoms with Crippen molar-refractivity contribution < 1.29 is 0 Å². The van der Waals surface area contributed by atoms with Crippen molar-refractivity contribution in [1.29, 1.82) is 0 Å². The van der Waals surface area contributed by atoms with Crippen molar-refractivity contribution in [3.63, 3.8) is 0 Å². The minimum Gasteiger partial charge on any atom is -0.330 e. The van der Waals surface area contributed by atoms with E-state index >= 15 is 0 Å². The van der Waals surface area contributed by atoms with Crippen LogP contribution in [0.2, 0.25) is 0 Å². The summed E-state index contributed by atoms with van der Waals surface area (Å²) >= 11 is 0. The van der Waals surface area contributed by atoms with E-state index in [0.717, 1.165) is 11.4 Å². The molecular weight excluding hydrogens is 224 g/mol. The van der Waals surface area contributed by atoms with Gasteiger partial charge in [0, 0.05) is 12.0 Å². The van der Waals surface area contributed by atoms with Gasteiger partial charge in [-0.1, -0.05) is 24.6 Å². The third-order valence-electron chi connectivity index (χ3n) is 4.00. The average molecular weight is 242 g/mol. The number of hydrogen-bond acceptors (Lipinski definition) is 3. The van der Waals surface area contributed by atoms with Crippen LogP contribution < -0.4 is 5.73 Å². The van der Waals surface area contributed by atoms with E-state index in [0.29, 0.717) is 6.54 Å². The van der Waals surface area contributed by atoms with E-state index in [2.05, 4.69) is 28.4 Å². The Morgan fingerprint density at radius 1 is 1.33 bits per heavy atom. The number of hydrogen-bond donors (Lipinski definition) is 1. The van der Waals surface area contributed by atoms with E-state index in [1.807, 2.05) is 13.0 Å². The van der Waals surface area contributed by atoms with E-state index in [1.54, 1.807) is 11.0 Å². The number of aromatic nitrogens is 3. The molecule has 3 rings (SSSR count). The summed E-state index contributed by atoms with van der Waals surface area (Å²) in [5.74, 6) is 0. The van der Waals surface area contributed by atoms with Crippen molar-refractivity contribution in [3.8, 4) is 5.69 Å². The molecule has 0 atom stereocenters. The Morgan fingerprint density at radius 3 is 2.67 bits per heavy atom. The summed E-state index contributed by atoms with van der Waals surface area (Å²) in [6.45, 7) is 2.65. The molecule has 1 aliphatic rings. The molecule has 0 unspecified atom stereocenters. The molecule has 2 N–H and O–H groups in total. The zero-order valence-electron chi connectivity index (χ0n) is 10.6. The average Bonchev–Trinajstić information content (AvgIpc) is 2.76. The molecule has 4 heteroatoms. The summed E-state index contributed by atoms with van der Waals surface area (Å²) < 4.78 is 0. The van der Waals surface area contributed by atoms with Gasteiger partial charge in [0.25, 0.3) is 0 Å². The lowest BCUT2D eigenvalue weighted by atomic mass is 9.64. The zero-order valence-corrected chi connectivity index (χ0v) is 10.6. The number of rotatable bonds is 3. The van der Waals surface area contributed by atoms with Crippen LogP contribution in [0.15, 0.2) is 30.5 Å². The minimum absolute atomic E-state index is 0.137. The Balaban J connectivity index is 2.10. The van der Waals surface area contributed by atoms with Crippen LogP contribution in [0.3, 0.4) is 0 Å². The Kier molecular flexibility index (Phi) is 2.67. The van der Waals surface area contributed by atoms with Crippen molar-refractivity contribution in [2.24, 2.45) is 5.73 Å². The molecule has 4 nitrogen and oxygen atoms in total. The van der Waals surface area contributed by atoms with Crippen LogP contribution in [0, 0.1) is 6.92 Å². The topological polar surface area (TPSA) is 56.7 Å². The third kappa shape index (κ3) is 1.64. The van der Waals surface area contributed by atoms with Gasteiger partial charge in [-0.25, -0.2) is 0 Å². The predicted molar refractivity (Wildman–Crippen MR) is 70.7 cm³/mol. The number of nitrogens with zero attached hydrogens (tertiary/aromatic N) is 3. The number of para-hydroxylation sites is 1. The molecule has 1 aromatic heterocycles. The highest BCUT2D eigenvalue weighted by molar-refractivity contribution is 5.46. The second kappa shape index (κ2) is 4.21. The lowest BCUT2D eigenvalue weighted by Gasteiger charge is -2.42. The van der Waals surface area contributed by atoms with E-state index in [1.165, 1.54) is 24.8 Å². The molecule has 0 spiro atoms. The molecule has 1 heterocycles. The van der Waals surface area contributed by atoms with Crippen LogP contribution in [0.4, 0.5) is 0 Å². The maximum Gasteiger partial charge on any atom is 0.0894 e. The van der Waals surface area contributed by atoms with Crippen LogP contribution in [0.5, 0.6) is 0 Å². The highest BCUT2D eigenvalue weighted by atomic mass is 15.5. The third-order valence-corrected chi connectivity index (χ3v) is 4.00. The molecule has 94 valence electrons. The van der Waals surface area contributed by atoms with Gasteiger partial charge in [0.05, 0.1) is 17.6 Å². The first-order chi connectivity index (χ1) is 8.75. The van der Waals surface area contributed by atoms with Gasteiger partial charge in [0.2, 0.25) is 0 Å². The van der Waals surface area contributed by atoms with Gasteiger partial charge in [-0.15, -0.1) is 0 Å². The minimum atomic E-state index is 0.137. The van der Waals surface area contributed by atoms with Crippen molar-refractivity contribution in [1.82, 2.24) is 15.0 Å². The molecule has 0 bridgehead atoms. The molecule has 2 aromatic rings. The highest BCUT2D eigenvalue weighted by Gasteiger charge is 2.39. The Bertz CT molecular complexity index is 549. The van der Waals surface area contributed by atoms with E-state index in [4.69, 9.17) is 5.73 Å². The van der Waals surface area contributed by atoms with Crippen LogP contribution in [0.25, 0.3) is 5.69 Å². The fraction of sp³-hybridized carbons (Fsp3) is 0.429. The van der Waals surface area contributed by atoms with Crippen molar-refractivity contribution in [2.75, 3.05) is 6.54 Å². The standard InChI is InChI=1S/C14H18N4/c1-11-9-16-18(17-11)13-6-3-2-5-12(13)14(10-15)7-4-8-14/h2-3,5-6,9H,4,7-8,10,15H2,1H3. The maximum atomic E-state index is 6.00. The first kappa shape index (κ1) is 11.4. The summed E-state index contributed by atoms with van der Waals surface area (Å²) in [6, 6.07) is 8.34. The van der Waals surface area contributed by atoms with Gasteiger partial charge in [-0.3, -0.25) is 0 Å². The fourth-order valence-corrected chi connectivity index (χ4v) is 2.74. The molecule has 1 aliphatic carbocycles. The second-order valence-corrected chi connectivity index (χ2v) is 5.13. The van der Waals surface area contributed by atoms with E-state index < -0.39 is 0 Å². The summed E-state index contributed by atoms with van der Waals surface area (Å²) in [4.78, 5) is 1.72. The van der Waals surface area contributed by atoms with Gasteiger partial charge in [0.1, 0.15) is 0 Å². The first-order valence-electron chi connectivity index (χ1n) is 6.44. The first-order valence-corrected chi connectivity index (χ1v) is 6.44. The Hall–Kier alpha value is -1.68. The molecule has 0 aliphatic heterocycles. The normalized spacial score (nSPS) is 17.4. The summed E-state index contributed by atoms with van der Waals surface area (Å²) in [6.07, 6.45) is 5.38. The monoisotopic (exact) mass is 242 g/mol. The summed E-state index contributed by atoms with van der Waals surface area (Å²) in [5, 5.41) is 8.73. The number of aryl methyl sites for hydroxylation is 1. The van der Waals surface area contributed by atoms with Gasteiger partial charge < -0.3 is 5.73 Å². The van der Waals surface area contributed by atoms with Gasteiger partial charge >= 0.3 is 0 Å². The zero-order chi connectivity index (χ0) is 12.6. The molecule has 0 amide bonds. The largest absolute Gasteiger partial charge is 0.330 e. The maximum absolute atomic E-state index is 6.00. The lowest BCUT2D eigenvalue weighted by Crippen LogP contribution is -2.42. The van der Waals surface area contributed by atoms with Crippen LogP contribution in [-0.4, -0.2) is 21.5 Å². The van der Waals surface area contributed by atoms with Crippen LogP contribution in [-0.2, 0) is 5.41 Å². The molecule has 1 aromatic carbocycles. The predicted octanol–water partition coefficient (Wildman–Crippen LogP) is 1.96. The van der Waals surface area contributed by atoms with Gasteiger partial charge in [0.15, 0.2) is 0 Å². The van der Waals surface area contributed by atoms with Crippen LogP contribution in [0.1, 0.15) is 30.5 Å². The SMILES string of the molecule is Cc1cnn(-c2ccccc2C2(CN)CCC2)n1. The van der Waals surface area contributed by atoms with E-state index in [9.17, 15) is 0 Å². The number of benzene rings is 1. The molecule has 0 radical (unpaired) electrons. The second-order valence-electron chi connectivity index (χ2n) is 5.13. The molecule has 18 heavy (non-hydrogen) atoms. The quantitative estimate of drug-likeness (QED) is 0.895. The fourth-order valence-electron chi connectivity index (χ4n) is 2.74. The summed E-state index contributed by atoms with van der Waals surface area (Å²) in [7, 11) is 0. The lowest BCUT2D eigenvalue weighted by molar-refractivity contribution is 0.252. The number of nitrogens with two attached hydrogens (primary N) is 1. The van der Waals surface area contributed by atoms with E-state index in [-0.39, 0.29) is 5.41 Å². The molecular formula is C14H18N4. The molecule has 0 saturated heterocycles. The Labute approximate surface area is 107 Å². The highest BCUT2D eigenvalue weighted by Crippen LogP contribution is 2.44. The van der Waals surface area contributed by atoms with Crippen molar-refractivity contribution >= 4 is 0 Å².